The van der Waals surface area contributed by atoms with Gasteiger partial charge in [-0.05, 0) is 79.9 Å². The van der Waals surface area contributed by atoms with Gasteiger partial charge < -0.3 is 15.4 Å². The van der Waals surface area contributed by atoms with Crippen LogP contribution in [0.15, 0.2) is 30.5 Å². The van der Waals surface area contributed by atoms with E-state index in [4.69, 9.17) is 4.74 Å². The molecular weight excluding hydrogens is 426 g/mol. The van der Waals surface area contributed by atoms with Crippen molar-refractivity contribution in [1.29, 1.82) is 0 Å². The predicted octanol–water partition coefficient (Wildman–Crippen LogP) is 5.71. The number of ether oxygens (including phenoxy) is 1. The molecule has 6 nitrogen and oxygen atoms in total. The van der Waals surface area contributed by atoms with Gasteiger partial charge in [0, 0.05) is 29.2 Å². The fourth-order valence-corrected chi connectivity index (χ4v) is 5.64. The number of fused-ring (bicyclic) bond motifs is 1. The number of benzene rings is 1. The quantitative estimate of drug-likeness (QED) is 0.553. The third-order valence-electron chi connectivity index (χ3n) is 7.83. The monoisotopic (exact) mass is 465 g/mol. The Balaban J connectivity index is 1.39. The second-order valence-electron chi connectivity index (χ2n) is 11.2. The number of nitrogens with zero attached hydrogens (tertiary/aromatic N) is 1. The van der Waals surface area contributed by atoms with Gasteiger partial charge in [-0.2, -0.15) is 0 Å². The molecule has 1 aromatic heterocycles. The highest BCUT2D eigenvalue weighted by atomic mass is 16.5. The van der Waals surface area contributed by atoms with E-state index in [-0.39, 0.29) is 23.8 Å². The molecule has 2 fully saturated rings. The number of esters is 1. The van der Waals surface area contributed by atoms with Gasteiger partial charge >= 0.3 is 5.97 Å². The first kappa shape index (κ1) is 24.5. The number of hydrogen-bond acceptors (Lipinski definition) is 5. The van der Waals surface area contributed by atoms with Crippen LogP contribution in [0.1, 0.15) is 82.5 Å². The fourth-order valence-electron chi connectivity index (χ4n) is 5.64. The average Bonchev–Trinajstić information content (AvgIpc) is 2.83. The predicted molar refractivity (Wildman–Crippen MR) is 136 cm³/mol. The third kappa shape index (κ3) is 5.89. The molecule has 0 aliphatic heterocycles. The van der Waals surface area contributed by atoms with Crippen LogP contribution in [0, 0.1) is 17.3 Å². The Morgan fingerprint density at radius 3 is 2.44 bits per heavy atom. The maximum Gasteiger partial charge on any atom is 0.308 e. The molecule has 34 heavy (non-hydrogen) atoms. The van der Waals surface area contributed by atoms with Gasteiger partial charge in [-0.1, -0.05) is 33.3 Å². The normalized spacial score (nSPS) is 25.5. The third-order valence-corrected chi connectivity index (χ3v) is 7.83. The van der Waals surface area contributed by atoms with Crippen LogP contribution in [-0.2, 0) is 9.53 Å². The molecule has 0 saturated heterocycles. The van der Waals surface area contributed by atoms with E-state index in [9.17, 15) is 9.59 Å². The van der Waals surface area contributed by atoms with E-state index in [1.807, 2.05) is 24.4 Å². The van der Waals surface area contributed by atoms with E-state index in [1.165, 1.54) is 20.0 Å². The second-order valence-corrected chi connectivity index (χ2v) is 11.2. The first-order valence-corrected chi connectivity index (χ1v) is 12.8. The summed E-state index contributed by atoms with van der Waals surface area (Å²) >= 11 is 0. The van der Waals surface area contributed by atoms with Crippen LogP contribution >= 0.6 is 0 Å². The van der Waals surface area contributed by atoms with Crippen molar-refractivity contribution in [3.8, 4) is 0 Å². The van der Waals surface area contributed by atoms with Crippen molar-refractivity contribution in [2.24, 2.45) is 17.3 Å². The number of carbonyl (C=O) groups is 2. The maximum atomic E-state index is 13.0. The van der Waals surface area contributed by atoms with Crippen molar-refractivity contribution in [3.05, 3.63) is 36.0 Å². The molecule has 2 N–H and O–H groups in total. The number of pyridine rings is 1. The molecular formula is C28H39N3O3. The zero-order chi connectivity index (χ0) is 24.3. The molecule has 1 aromatic carbocycles. The number of aromatic nitrogens is 1. The van der Waals surface area contributed by atoms with Crippen LogP contribution in [0.2, 0.25) is 0 Å². The van der Waals surface area contributed by atoms with E-state index in [0.29, 0.717) is 23.4 Å². The Hall–Kier alpha value is -2.63. The molecule has 2 saturated carbocycles. The zero-order valence-electron chi connectivity index (χ0n) is 21.0. The maximum absolute atomic E-state index is 13.0. The molecule has 184 valence electrons. The zero-order valence-corrected chi connectivity index (χ0v) is 21.0. The molecule has 2 aliphatic rings. The molecule has 1 heterocycles. The van der Waals surface area contributed by atoms with Gasteiger partial charge in [0.1, 0.15) is 5.82 Å². The van der Waals surface area contributed by atoms with E-state index in [2.05, 4.69) is 42.5 Å². The number of nitrogens with one attached hydrogen (secondary N) is 2. The van der Waals surface area contributed by atoms with E-state index < -0.39 is 0 Å². The second kappa shape index (κ2) is 10.3. The van der Waals surface area contributed by atoms with Gasteiger partial charge in [0.05, 0.1) is 13.0 Å². The molecule has 2 aromatic rings. The minimum atomic E-state index is -0.177. The Morgan fingerprint density at radius 1 is 0.971 bits per heavy atom. The van der Waals surface area contributed by atoms with Crippen LogP contribution < -0.4 is 10.6 Å². The minimum absolute atomic E-state index is 0.000981. The van der Waals surface area contributed by atoms with E-state index in [1.54, 1.807) is 0 Å². The number of hydrogen-bond donors (Lipinski definition) is 2. The summed E-state index contributed by atoms with van der Waals surface area (Å²) in [5.74, 6) is 1.26. The first-order valence-electron chi connectivity index (χ1n) is 12.8. The number of anilines is 1. The number of carbonyl (C=O) groups excluding carboxylic acids is 2. The first-order chi connectivity index (χ1) is 16.2. The van der Waals surface area contributed by atoms with Crippen molar-refractivity contribution in [3.63, 3.8) is 0 Å². The van der Waals surface area contributed by atoms with Crippen LogP contribution in [0.4, 0.5) is 5.82 Å². The summed E-state index contributed by atoms with van der Waals surface area (Å²) in [6, 6.07) is 8.24. The van der Waals surface area contributed by atoms with Crippen molar-refractivity contribution >= 4 is 28.5 Å². The molecule has 0 radical (unpaired) electrons. The summed E-state index contributed by atoms with van der Waals surface area (Å²) in [6.45, 7) is 7.03. The number of rotatable bonds is 5. The molecule has 0 spiro atoms. The minimum Gasteiger partial charge on any atom is -0.469 e. The molecule has 1 amide bonds. The lowest BCUT2D eigenvalue weighted by molar-refractivity contribution is -0.146. The molecule has 2 aliphatic carbocycles. The standard InChI is InChI=1S/C28H39N3O3/c1-28(2,3)22-10-12-23(13-11-22)30-25-16-21-14-18(8-9-20(21)17-29-25)26(32)31-24-7-5-6-19(15-24)27(33)34-4/h8-9,14,16-17,19,22-24H,5-7,10-13,15H2,1-4H3,(H,29,30)(H,31,32). The van der Waals surface area contributed by atoms with Crippen molar-refractivity contribution in [2.75, 3.05) is 12.4 Å². The molecule has 2 atom stereocenters. The summed E-state index contributed by atoms with van der Waals surface area (Å²) < 4.78 is 4.90. The fraction of sp³-hybridized carbons (Fsp3) is 0.607. The van der Waals surface area contributed by atoms with E-state index in [0.717, 1.165) is 54.6 Å². The van der Waals surface area contributed by atoms with Gasteiger partial charge in [0.25, 0.3) is 5.91 Å². The smallest absolute Gasteiger partial charge is 0.308 e. The van der Waals surface area contributed by atoms with Crippen LogP contribution in [0.3, 0.4) is 0 Å². The van der Waals surface area contributed by atoms with E-state index >= 15 is 0 Å². The SMILES string of the molecule is COC(=O)C1CCCC(NC(=O)c2ccc3cnc(NC4CCC(C(C)(C)C)CC4)cc3c2)C1. The lowest BCUT2D eigenvalue weighted by Crippen LogP contribution is -2.40. The highest BCUT2D eigenvalue weighted by Crippen LogP contribution is 2.38. The Kier molecular flexibility index (Phi) is 7.44. The number of methoxy groups -OCH3 is 1. The summed E-state index contributed by atoms with van der Waals surface area (Å²) in [5.41, 5.74) is 1.01. The highest BCUT2D eigenvalue weighted by Gasteiger charge is 2.30. The van der Waals surface area contributed by atoms with Crippen molar-refractivity contribution < 1.29 is 14.3 Å². The van der Waals surface area contributed by atoms with Gasteiger partial charge in [0.2, 0.25) is 0 Å². The lowest BCUT2D eigenvalue weighted by atomic mass is 9.71. The van der Waals surface area contributed by atoms with Crippen LogP contribution in [0.25, 0.3) is 10.8 Å². The summed E-state index contributed by atoms with van der Waals surface area (Å²) in [7, 11) is 1.43. The average molecular weight is 466 g/mol. The highest BCUT2D eigenvalue weighted by molar-refractivity contribution is 5.99. The van der Waals surface area contributed by atoms with Crippen LogP contribution in [0.5, 0.6) is 0 Å². The van der Waals surface area contributed by atoms with Gasteiger partial charge in [-0.25, -0.2) is 4.98 Å². The van der Waals surface area contributed by atoms with Gasteiger partial charge in [-0.3, -0.25) is 9.59 Å². The molecule has 0 bridgehead atoms. The van der Waals surface area contributed by atoms with Gasteiger partial charge in [0.15, 0.2) is 0 Å². The lowest BCUT2D eigenvalue weighted by Gasteiger charge is -2.37. The molecule has 6 heteroatoms. The van der Waals surface area contributed by atoms with Crippen molar-refractivity contribution in [1.82, 2.24) is 10.3 Å². The largest absolute Gasteiger partial charge is 0.469 e. The molecule has 4 rings (SSSR count). The Labute approximate surface area is 203 Å². The summed E-state index contributed by atoms with van der Waals surface area (Å²) in [4.78, 5) is 29.5. The topological polar surface area (TPSA) is 80.3 Å². The summed E-state index contributed by atoms with van der Waals surface area (Å²) in [5, 5.41) is 8.77. The molecule has 2 unspecified atom stereocenters. The Morgan fingerprint density at radius 2 is 1.74 bits per heavy atom. The van der Waals surface area contributed by atoms with Gasteiger partial charge in [-0.15, -0.1) is 0 Å². The van der Waals surface area contributed by atoms with Crippen molar-refractivity contribution in [2.45, 2.75) is 84.2 Å². The van der Waals surface area contributed by atoms with Crippen LogP contribution in [-0.4, -0.2) is 36.1 Å². The number of amides is 1. The summed E-state index contributed by atoms with van der Waals surface area (Å²) in [6.07, 6.45) is 9.98. The Bertz CT molecular complexity index is 1020.